The molecule has 1 saturated heterocycles. The minimum absolute atomic E-state index is 0.772. The lowest BCUT2D eigenvalue weighted by Gasteiger charge is -2.23. The Bertz CT molecular complexity index is 1020. The molecular weight excluding hydrogens is 394 g/mol. The molecule has 0 amide bonds. The summed E-state index contributed by atoms with van der Waals surface area (Å²) in [7, 11) is 4.14. The van der Waals surface area contributed by atoms with Crippen molar-refractivity contribution in [2.75, 3.05) is 50.6 Å². The molecule has 1 aliphatic carbocycles. The Kier molecular flexibility index (Phi) is 5.58. The van der Waals surface area contributed by atoms with Gasteiger partial charge in [0.1, 0.15) is 30.3 Å². The average Bonchev–Trinajstić information content (AvgIpc) is 3.34. The van der Waals surface area contributed by atoms with Crippen molar-refractivity contribution in [2.45, 2.75) is 32.4 Å². The lowest BCUT2D eigenvalue weighted by molar-refractivity contribution is -0.922. The highest BCUT2D eigenvalue weighted by Crippen LogP contribution is 2.39. The minimum Gasteiger partial charge on any atom is -0.378 e. The summed E-state index contributed by atoms with van der Waals surface area (Å²) in [5, 5.41) is 4.92. The van der Waals surface area contributed by atoms with Crippen molar-refractivity contribution < 1.29 is 9.64 Å². The molecule has 3 heterocycles. The van der Waals surface area contributed by atoms with Crippen LogP contribution in [0, 0.1) is 0 Å². The van der Waals surface area contributed by atoms with E-state index in [4.69, 9.17) is 14.7 Å². The van der Waals surface area contributed by atoms with Crippen LogP contribution in [0.3, 0.4) is 0 Å². The average molecular weight is 425 g/mol. The third kappa shape index (κ3) is 4.02. The Hall–Kier alpha value is -2.22. The first-order valence-corrected chi connectivity index (χ1v) is 11.7. The molecule has 30 heavy (non-hydrogen) atoms. The highest BCUT2D eigenvalue weighted by molar-refractivity contribution is 7.19. The van der Waals surface area contributed by atoms with Gasteiger partial charge in [-0.2, -0.15) is 0 Å². The van der Waals surface area contributed by atoms with Crippen LogP contribution < -0.4 is 15.1 Å². The molecule has 158 valence electrons. The molecule has 7 heteroatoms. The van der Waals surface area contributed by atoms with Crippen molar-refractivity contribution in [1.29, 1.82) is 0 Å². The van der Waals surface area contributed by atoms with Gasteiger partial charge in [0.05, 0.1) is 18.6 Å². The number of benzene rings is 1. The number of hydrogen-bond donors (Lipinski definition) is 2. The maximum atomic E-state index is 5.51. The van der Waals surface area contributed by atoms with E-state index in [9.17, 15) is 0 Å². The second-order valence-corrected chi connectivity index (χ2v) is 9.56. The fraction of sp³-hybridized carbons (Fsp3) is 0.478. The van der Waals surface area contributed by atoms with Crippen molar-refractivity contribution in [3.05, 3.63) is 46.1 Å². The SMILES string of the molecule is CN(C)c1ccc(CNc2nc(C[NH+]3CCOCC3)nc3sc4c(c23)CCC4)cc1. The second kappa shape index (κ2) is 8.49. The standard InChI is InChI=1S/C23H29N5OS/c1-27(2)17-8-6-16(7-9-17)14-24-22-21-18-4-3-5-19(18)30-23(21)26-20(25-22)15-28-10-12-29-13-11-28/h6-9H,3-5,10-15H2,1-2H3,(H,24,25,26)/p+1. The Morgan fingerprint density at radius 3 is 2.67 bits per heavy atom. The summed E-state index contributed by atoms with van der Waals surface area (Å²) >= 11 is 1.87. The monoisotopic (exact) mass is 424 g/mol. The molecule has 1 aliphatic heterocycles. The van der Waals surface area contributed by atoms with Gasteiger partial charge in [0.25, 0.3) is 0 Å². The number of nitrogens with one attached hydrogen (secondary N) is 2. The second-order valence-electron chi connectivity index (χ2n) is 8.48. The Labute approximate surface area is 181 Å². The number of anilines is 2. The number of hydrogen-bond acceptors (Lipinski definition) is 6. The van der Waals surface area contributed by atoms with Gasteiger partial charge in [-0.15, -0.1) is 11.3 Å². The van der Waals surface area contributed by atoms with E-state index in [0.717, 1.165) is 62.3 Å². The maximum Gasteiger partial charge on any atom is 0.187 e. The zero-order chi connectivity index (χ0) is 20.5. The highest BCUT2D eigenvalue weighted by atomic mass is 32.1. The molecule has 1 fully saturated rings. The van der Waals surface area contributed by atoms with E-state index in [1.165, 1.54) is 44.8 Å². The molecule has 0 atom stereocenters. The Morgan fingerprint density at radius 1 is 1.10 bits per heavy atom. The van der Waals surface area contributed by atoms with Gasteiger partial charge in [-0.1, -0.05) is 12.1 Å². The maximum absolute atomic E-state index is 5.51. The summed E-state index contributed by atoms with van der Waals surface area (Å²) in [6, 6.07) is 8.72. The highest BCUT2D eigenvalue weighted by Gasteiger charge is 2.24. The minimum atomic E-state index is 0.772. The van der Waals surface area contributed by atoms with Crippen LogP contribution in [-0.4, -0.2) is 50.4 Å². The van der Waals surface area contributed by atoms with E-state index in [1.54, 1.807) is 0 Å². The zero-order valence-corrected chi connectivity index (χ0v) is 18.6. The van der Waals surface area contributed by atoms with Crippen LogP contribution in [-0.2, 0) is 30.7 Å². The first kappa shape index (κ1) is 19.7. The van der Waals surface area contributed by atoms with Gasteiger partial charge >= 0.3 is 0 Å². The molecule has 2 aliphatic rings. The number of fused-ring (bicyclic) bond motifs is 3. The van der Waals surface area contributed by atoms with E-state index in [-0.39, 0.29) is 0 Å². The van der Waals surface area contributed by atoms with Gasteiger partial charge in [-0.25, -0.2) is 9.97 Å². The quantitative estimate of drug-likeness (QED) is 0.636. The topological polar surface area (TPSA) is 54.7 Å². The molecule has 0 unspecified atom stereocenters. The molecule has 6 nitrogen and oxygen atoms in total. The van der Waals surface area contributed by atoms with Crippen LogP contribution in [0.15, 0.2) is 24.3 Å². The lowest BCUT2D eigenvalue weighted by atomic mass is 10.1. The number of aromatic nitrogens is 2. The smallest absolute Gasteiger partial charge is 0.187 e. The summed E-state index contributed by atoms with van der Waals surface area (Å²) < 4.78 is 5.51. The van der Waals surface area contributed by atoms with E-state index in [2.05, 4.69) is 48.6 Å². The van der Waals surface area contributed by atoms with Crippen molar-refractivity contribution in [3.63, 3.8) is 0 Å². The first-order valence-electron chi connectivity index (χ1n) is 10.9. The van der Waals surface area contributed by atoms with Crippen LogP contribution >= 0.6 is 11.3 Å². The van der Waals surface area contributed by atoms with E-state index in [0.29, 0.717) is 0 Å². The summed E-state index contributed by atoms with van der Waals surface area (Å²) in [4.78, 5) is 16.3. The molecule has 0 spiro atoms. The van der Waals surface area contributed by atoms with Crippen molar-refractivity contribution in [1.82, 2.24) is 9.97 Å². The summed E-state index contributed by atoms with van der Waals surface area (Å²) in [5.41, 5.74) is 3.96. The molecule has 0 radical (unpaired) electrons. The first-order chi connectivity index (χ1) is 14.7. The predicted octanol–water partition coefficient (Wildman–Crippen LogP) is 2.27. The normalized spacial score (nSPS) is 16.7. The van der Waals surface area contributed by atoms with Gasteiger partial charge in [0.2, 0.25) is 0 Å². The zero-order valence-electron chi connectivity index (χ0n) is 17.8. The van der Waals surface area contributed by atoms with Gasteiger partial charge in [-0.3, -0.25) is 0 Å². The molecule has 3 aromatic rings. The number of quaternary nitrogens is 1. The largest absolute Gasteiger partial charge is 0.378 e. The Balaban J connectivity index is 1.42. The summed E-state index contributed by atoms with van der Waals surface area (Å²) in [6.45, 7) is 5.37. The van der Waals surface area contributed by atoms with E-state index in [1.807, 2.05) is 11.3 Å². The van der Waals surface area contributed by atoms with Crippen LogP contribution in [0.5, 0.6) is 0 Å². The van der Waals surface area contributed by atoms with E-state index >= 15 is 0 Å². The molecular formula is C23H30N5OS+. The third-order valence-electron chi connectivity index (χ3n) is 6.13. The van der Waals surface area contributed by atoms with Crippen LogP contribution in [0.2, 0.25) is 0 Å². The van der Waals surface area contributed by atoms with Crippen molar-refractivity contribution in [2.24, 2.45) is 0 Å². The van der Waals surface area contributed by atoms with Crippen molar-refractivity contribution in [3.8, 4) is 0 Å². The van der Waals surface area contributed by atoms with Gasteiger partial charge < -0.3 is 19.9 Å². The fourth-order valence-electron chi connectivity index (χ4n) is 4.41. The van der Waals surface area contributed by atoms with Crippen molar-refractivity contribution >= 4 is 33.1 Å². The van der Waals surface area contributed by atoms with Crippen LogP contribution in [0.4, 0.5) is 11.5 Å². The van der Waals surface area contributed by atoms with Crippen LogP contribution in [0.1, 0.15) is 28.2 Å². The fourth-order valence-corrected chi connectivity index (χ4v) is 5.69. The number of thiophene rings is 1. The van der Waals surface area contributed by atoms with Crippen LogP contribution in [0.25, 0.3) is 10.2 Å². The Morgan fingerprint density at radius 2 is 1.90 bits per heavy atom. The number of ether oxygens (including phenoxy) is 1. The predicted molar refractivity (Wildman–Crippen MR) is 123 cm³/mol. The van der Waals surface area contributed by atoms with E-state index < -0.39 is 0 Å². The number of nitrogens with zero attached hydrogens (tertiary/aromatic N) is 3. The third-order valence-corrected chi connectivity index (χ3v) is 7.32. The number of aryl methyl sites for hydroxylation is 2. The summed E-state index contributed by atoms with van der Waals surface area (Å²) in [5.74, 6) is 1.96. The molecule has 2 aromatic heterocycles. The number of morpholine rings is 1. The number of rotatable bonds is 6. The van der Waals surface area contributed by atoms with Gasteiger partial charge in [-0.05, 0) is 42.5 Å². The molecule has 0 bridgehead atoms. The molecule has 5 rings (SSSR count). The summed E-state index contributed by atoms with van der Waals surface area (Å²) in [6.07, 6.45) is 3.59. The molecule has 1 aromatic carbocycles. The van der Waals surface area contributed by atoms with Gasteiger partial charge in [0, 0.05) is 31.2 Å². The molecule has 2 N–H and O–H groups in total. The molecule has 0 saturated carbocycles. The van der Waals surface area contributed by atoms with Gasteiger partial charge in [0.15, 0.2) is 5.82 Å². The lowest BCUT2D eigenvalue weighted by Crippen LogP contribution is -3.12.